The van der Waals surface area contributed by atoms with Crippen LogP contribution in [0.4, 0.5) is 11.6 Å². The molecule has 1 saturated heterocycles. The Morgan fingerprint density at radius 2 is 2.00 bits per heavy atom. The molecule has 128 valence electrons. The molecule has 1 aromatic carbocycles. The van der Waals surface area contributed by atoms with Crippen LogP contribution in [0.1, 0.15) is 5.56 Å². The van der Waals surface area contributed by atoms with E-state index in [-0.39, 0.29) is 0 Å². The standard InChI is InChI=1S/C17H22N4O3/c1-22-14-5-3-4-13(17(14)23-2)11-18-15-10-16(20-12-19-15)21-6-8-24-9-7-21/h3-5,10,12H,6-9,11H2,1-2H3,(H,18,19,20). The van der Waals surface area contributed by atoms with E-state index in [1.807, 2.05) is 24.3 Å². The minimum atomic E-state index is 0.583. The normalized spacial score (nSPS) is 14.3. The highest BCUT2D eigenvalue weighted by molar-refractivity contribution is 5.51. The van der Waals surface area contributed by atoms with Gasteiger partial charge < -0.3 is 24.4 Å². The van der Waals surface area contributed by atoms with Gasteiger partial charge in [0.1, 0.15) is 18.0 Å². The highest BCUT2D eigenvalue weighted by Gasteiger charge is 2.13. The average Bonchev–Trinajstić information content (AvgIpc) is 2.66. The lowest BCUT2D eigenvalue weighted by atomic mass is 10.2. The van der Waals surface area contributed by atoms with Crippen molar-refractivity contribution in [2.24, 2.45) is 0 Å². The van der Waals surface area contributed by atoms with Crippen LogP contribution in [-0.4, -0.2) is 50.5 Å². The first-order valence-corrected chi connectivity index (χ1v) is 7.90. The fraction of sp³-hybridized carbons (Fsp3) is 0.412. The third-order valence-electron chi connectivity index (χ3n) is 3.93. The van der Waals surface area contributed by atoms with E-state index in [2.05, 4.69) is 20.2 Å². The molecule has 0 saturated carbocycles. The van der Waals surface area contributed by atoms with Crippen molar-refractivity contribution < 1.29 is 14.2 Å². The Balaban J connectivity index is 1.71. The smallest absolute Gasteiger partial charge is 0.165 e. The molecule has 1 N–H and O–H groups in total. The van der Waals surface area contributed by atoms with Crippen LogP contribution in [0.15, 0.2) is 30.6 Å². The monoisotopic (exact) mass is 330 g/mol. The van der Waals surface area contributed by atoms with Crippen molar-refractivity contribution in [3.8, 4) is 11.5 Å². The third kappa shape index (κ3) is 3.68. The summed E-state index contributed by atoms with van der Waals surface area (Å²) in [6.07, 6.45) is 1.58. The molecular formula is C17H22N4O3. The second-order valence-electron chi connectivity index (χ2n) is 5.37. The summed E-state index contributed by atoms with van der Waals surface area (Å²) in [5.74, 6) is 3.13. The highest BCUT2D eigenvalue weighted by atomic mass is 16.5. The largest absolute Gasteiger partial charge is 0.493 e. The number of aromatic nitrogens is 2. The van der Waals surface area contributed by atoms with Gasteiger partial charge in [-0.3, -0.25) is 0 Å². The van der Waals surface area contributed by atoms with Crippen molar-refractivity contribution in [3.63, 3.8) is 0 Å². The zero-order valence-corrected chi connectivity index (χ0v) is 14.0. The highest BCUT2D eigenvalue weighted by Crippen LogP contribution is 2.31. The fourth-order valence-electron chi connectivity index (χ4n) is 2.69. The van der Waals surface area contributed by atoms with Crippen molar-refractivity contribution in [2.45, 2.75) is 6.54 Å². The number of ether oxygens (including phenoxy) is 3. The molecule has 24 heavy (non-hydrogen) atoms. The molecule has 0 unspecified atom stereocenters. The van der Waals surface area contributed by atoms with E-state index < -0.39 is 0 Å². The first-order chi connectivity index (χ1) is 11.8. The van der Waals surface area contributed by atoms with E-state index in [4.69, 9.17) is 14.2 Å². The van der Waals surface area contributed by atoms with Gasteiger partial charge in [0.25, 0.3) is 0 Å². The number of nitrogens with one attached hydrogen (secondary N) is 1. The van der Waals surface area contributed by atoms with Gasteiger partial charge in [-0.15, -0.1) is 0 Å². The van der Waals surface area contributed by atoms with Crippen LogP contribution >= 0.6 is 0 Å². The Morgan fingerprint density at radius 3 is 2.75 bits per heavy atom. The van der Waals surface area contributed by atoms with Crippen LogP contribution in [0, 0.1) is 0 Å². The molecule has 0 amide bonds. The lowest BCUT2D eigenvalue weighted by Crippen LogP contribution is -2.36. The predicted octanol–water partition coefficient (Wildman–Crippen LogP) is 1.94. The Kier molecular flexibility index (Phi) is 5.32. The van der Waals surface area contributed by atoms with E-state index in [0.29, 0.717) is 12.3 Å². The Labute approximate surface area is 141 Å². The van der Waals surface area contributed by atoms with Gasteiger partial charge in [-0.25, -0.2) is 9.97 Å². The molecular weight excluding hydrogens is 308 g/mol. The van der Waals surface area contributed by atoms with Gasteiger partial charge in [0.05, 0.1) is 27.4 Å². The maximum Gasteiger partial charge on any atom is 0.165 e. The lowest BCUT2D eigenvalue weighted by Gasteiger charge is -2.27. The van der Waals surface area contributed by atoms with Crippen molar-refractivity contribution in [3.05, 3.63) is 36.2 Å². The molecule has 1 aromatic heterocycles. The van der Waals surface area contributed by atoms with E-state index in [1.54, 1.807) is 20.5 Å². The van der Waals surface area contributed by atoms with Gasteiger partial charge in [-0.05, 0) is 6.07 Å². The minimum Gasteiger partial charge on any atom is -0.493 e. The van der Waals surface area contributed by atoms with Crippen LogP contribution in [0.5, 0.6) is 11.5 Å². The SMILES string of the molecule is COc1cccc(CNc2cc(N3CCOCC3)ncn2)c1OC. The van der Waals surface area contributed by atoms with Crippen molar-refractivity contribution >= 4 is 11.6 Å². The molecule has 0 atom stereocenters. The molecule has 1 fully saturated rings. The van der Waals surface area contributed by atoms with Crippen molar-refractivity contribution in [1.82, 2.24) is 9.97 Å². The van der Waals surface area contributed by atoms with E-state index >= 15 is 0 Å². The van der Waals surface area contributed by atoms with E-state index in [0.717, 1.165) is 49.3 Å². The first kappa shape index (κ1) is 16.3. The van der Waals surface area contributed by atoms with Gasteiger partial charge in [0.15, 0.2) is 11.5 Å². The van der Waals surface area contributed by atoms with Crippen LogP contribution < -0.4 is 19.7 Å². The summed E-state index contributed by atoms with van der Waals surface area (Å²) in [7, 11) is 3.27. The number of methoxy groups -OCH3 is 2. The zero-order valence-electron chi connectivity index (χ0n) is 14.0. The lowest BCUT2D eigenvalue weighted by molar-refractivity contribution is 0.122. The molecule has 2 aromatic rings. The summed E-state index contributed by atoms with van der Waals surface area (Å²) in [5, 5.41) is 3.32. The second-order valence-corrected chi connectivity index (χ2v) is 5.37. The quantitative estimate of drug-likeness (QED) is 0.868. The first-order valence-electron chi connectivity index (χ1n) is 7.90. The molecule has 1 aliphatic heterocycles. The fourth-order valence-corrected chi connectivity index (χ4v) is 2.69. The number of rotatable bonds is 6. The molecule has 3 rings (SSSR count). The molecule has 0 bridgehead atoms. The average molecular weight is 330 g/mol. The maximum atomic E-state index is 5.45. The number of anilines is 2. The summed E-state index contributed by atoms with van der Waals surface area (Å²) in [6, 6.07) is 7.78. The molecule has 0 spiro atoms. The molecule has 7 nitrogen and oxygen atoms in total. The summed E-state index contributed by atoms with van der Waals surface area (Å²) >= 11 is 0. The summed E-state index contributed by atoms with van der Waals surface area (Å²) < 4.78 is 16.2. The Hall–Kier alpha value is -2.54. The molecule has 2 heterocycles. The van der Waals surface area contributed by atoms with E-state index in [9.17, 15) is 0 Å². The summed E-state index contributed by atoms with van der Waals surface area (Å²) in [5.41, 5.74) is 1.00. The van der Waals surface area contributed by atoms with Crippen LogP contribution in [-0.2, 0) is 11.3 Å². The number of benzene rings is 1. The molecule has 0 radical (unpaired) electrons. The van der Waals surface area contributed by atoms with Gasteiger partial charge in [0, 0.05) is 31.3 Å². The molecule has 0 aliphatic carbocycles. The summed E-state index contributed by atoms with van der Waals surface area (Å²) in [6.45, 7) is 3.74. The maximum absolute atomic E-state index is 5.45. The van der Waals surface area contributed by atoms with Gasteiger partial charge >= 0.3 is 0 Å². The van der Waals surface area contributed by atoms with Crippen LogP contribution in [0.2, 0.25) is 0 Å². The topological polar surface area (TPSA) is 68.7 Å². The van der Waals surface area contributed by atoms with Gasteiger partial charge in [0.2, 0.25) is 0 Å². The zero-order chi connectivity index (χ0) is 16.8. The Morgan fingerprint density at radius 1 is 1.17 bits per heavy atom. The molecule has 7 heteroatoms. The molecule has 1 aliphatic rings. The third-order valence-corrected chi connectivity index (χ3v) is 3.93. The van der Waals surface area contributed by atoms with Crippen LogP contribution in [0.3, 0.4) is 0 Å². The second kappa shape index (κ2) is 7.83. The van der Waals surface area contributed by atoms with Gasteiger partial charge in [-0.1, -0.05) is 12.1 Å². The Bertz CT molecular complexity index is 675. The number of hydrogen-bond acceptors (Lipinski definition) is 7. The predicted molar refractivity (Wildman–Crippen MR) is 91.9 cm³/mol. The number of nitrogens with zero attached hydrogens (tertiary/aromatic N) is 3. The van der Waals surface area contributed by atoms with Crippen molar-refractivity contribution in [1.29, 1.82) is 0 Å². The summed E-state index contributed by atoms with van der Waals surface area (Å²) in [4.78, 5) is 10.8. The number of para-hydroxylation sites is 1. The van der Waals surface area contributed by atoms with Gasteiger partial charge in [-0.2, -0.15) is 0 Å². The van der Waals surface area contributed by atoms with E-state index in [1.165, 1.54) is 0 Å². The number of hydrogen-bond donors (Lipinski definition) is 1. The van der Waals surface area contributed by atoms with Crippen molar-refractivity contribution in [2.75, 3.05) is 50.7 Å². The van der Waals surface area contributed by atoms with Crippen LogP contribution in [0.25, 0.3) is 0 Å². The number of morpholine rings is 1. The minimum absolute atomic E-state index is 0.583.